The number of hydrogen-bond acceptors (Lipinski definition) is 4. The summed E-state index contributed by atoms with van der Waals surface area (Å²) in [6.07, 6.45) is 0.156. The molecule has 1 aliphatic heterocycles. The van der Waals surface area contributed by atoms with Crippen LogP contribution in [0.4, 0.5) is 0 Å². The SMILES string of the molecule is CNCc1cccc(C)c1OCC1CN(C(C)C)CCO1. The highest BCUT2D eigenvalue weighted by molar-refractivity contribution is 5.40. The van der Waals surface area contributed by atoms with Crippen LogP contribution >= 0.6 is 0 Å². The van der Waals surface area contributed by atoms with Gasteiger partial charge in [0.25, 0.3) is 0 Å². The third-order valence-corrected chi connectivity index (χ3v) is 3.97. The molecular formula is C17H28N2O2. The van der Waals surface area contributed by atoms with Gasteiger partial charge in [0.15, 0.2) is 0 Å². The molecule has 1 saturated heterocycles. The molecule has 0 bridgehead atoms. The van der Waals surface area contributed by atoms with Crippen LogP contribution in [0.5, 0.6) is 5.75 Å². The zero-order valence-electron chi connectivity index (χ0n) is 13.7. The Morgan fingerprint density at radius 1 is 1.43 bits per heavy atom. The van der Waals surface area contributed by atoms with E-state index in [-0.39, 0.29) is 6.10 Å². The second kappa shape index (κ2) is 7.78. The van der Waals surface area contributed by atoms with Gasteiger partial charge in [-0.1, -0.05) is 18.2 Å². The van der Waals surface area contributed by atoms with Crippen molar-refractivity contribution in [3.05, 3.63) is 29.3 Å². The topological polar surface area (TPSA) is 33.7 Å². The molecule has 1 atom stereocenters. The Hall–Kier alpha value is -1.10. The van der Waals surface area contributed by atoms with Gasteiger partial charge >= 0.3 is 0 Å². The number of morpholine rings is 1. The van der Waals surface area contributed by atoms with E-state index in [1.165, 1.54) is 11.1 Å². The summed E-state index contributed by atoms with van der Waals surface area (Å²) in [6.45, 7) is 10.8. The van der Waals surface area contributed by atoms with Gasteiger partial charge in [0.2, 0.25) is 0 Å². The summed E-state index contributed by atoms with van der Waals surface area (Å²) in [5.41, 5.74) is 2.38. The maximum absolute atomic E-state index is 6.10. The molecule has 1 aromatic rings. The van der Waals surface area contributed by atoms with Crippen LogP contribution in [0.1, 0.15) is 25.0 Å². The van der Waals surface area contributed by atoms with Gasteiger partial charge in [-0.25, -0.2) is 0 Å². The normalized spacial score (nSPS) is 20.0. The van der Waals surface area contributed by atoms with Gasteiger partial charge in [-0.3, -0.25) is 4.90 Å². The molecule has 2 rings (SSSR count). The van der Waals surface area contributed by atoms with E-state index >= 15 is 0 Å². The second-order valence-corrected chi connectivity index (χ2v) is 5.99. The van der Waals surface area contributed by atoms with Crippen LogP contribution in [-0.4, -0.2) is 50.4 Å². The van der Waals surface area contributed by atoms with E-state index in [1.54, 1.807) is 0 Å². The van der Waals surface area contributed by atoms with Crippen LogP contribution in [0.25, 0.3) is 0 Å². The lowest BCUT2D eigenvalue weighted by molar-refractivity contribution is -0.0566. The summed E-state index contributed by atoms with van der Waals surface area (Å²) >= 11 is 0. The van der Waals surface area contributed by atoms with Gasteiger partial charge in [0.05, 0.1) is 6.61 Å². The summed E-state index contributed by atoms with van der Waals surface area (Å²) in [5, 5.41) is 3.19. The van der Waals surface area contributed by atoms with Gasteiger partial charge in [0.1, 0.15) is 18.5 Å². The molecule has 0 radical (unpaired) electrons. The first-order valence-corrected chi connectivity index (χ1v) is 7.83. The summed E-state index contributed by atoms with van der Waals surface area (Å²) in [4.78, 5) is 2.45. The zero-order chi connectivity index (χ0) is 15.2. The quantitative estimate of drug-likeness (QED) is 0.871. The minimum atomic E-state index is 0.156. The van der Waals surface area contributed by atoms with Gasteiger partial charge in [-0.2, -0.15) is 0 Å². The molecule has 1 aromatic carbocycles. The molecule has 0 amide bonds. The average molecular weight is 292 g/mol. The monoisotopic (exact) mass is 292 g/mol. The van der Waals surface area contributed by atoms with Crippen molar-refractivity contribution in [1.29, 1.82) is 0 Å². The third-order valence-electron chi connectivity index (χ3n) is 3.97. The lowest BCUT2D eigenvalue weighted by atomic mass is 10.1. The number of nitrogens with zero attached hydrogens (tertiary/aromatic N) is 1. The van der Waals surface area contributed by atoms with Crippen molar-refractivity contribution < 1.29 is 9.47 Å². The Kier molecular flexibility index (Phi) is 6.03. The summed E-state index contributed by atoms with van der Waals surface area (Å²) in [7, 11) is 1.96. The number of rotatable bonds is 6. The molecule has 1 aliphatic rings. The highest BCUT2D eigenvalue weighted by Gasteiger charge is 2.23. The van der Waals surface area contributed by atoms with E-state index in [2.05, 4.69) is 49.2 Å². The third kappa shape index (κ3) is 4.43. The van der Waals surface area contributed by atoms with E-state index in [0.717, 1.165) is 32.0 Å². The lowest BCUT2D eigenvalue weighted by Crippen LogP contribution is -2.47. The van der Waals surface area contributed by atoms with Gasteiger partial charge in [0, 0.05) is 31.2 Å². The molecule has 1 unspecified atom stereocenters. The highest BCUT2D eigenvalue weighted by atomic mass is 16.5. The fourth-order valence-electron chi connectivity index (χ4n) is 2.74. The van der Waals surface area contributed by atoms with Crippen molar-refractivity contribution in [3.8, 4) is 5.75 Å². The maximum atomic E-state index is 6.10. The molecule has 0 spiro atoms. The number of nitrogens with one attached hydrogen (secondary N) is 1. The van der Waals surface area contributed by atoms with Crippen molar-refractivity contribution >= 4 is 0 Å². The highest BCUT2D eigenvalue weighted by Crippen LogP contribution is 2.24. The molecule has 0 aromatic heterocycles. The van der Waals surface area contributed by atoms with Crippen molar-refractivity contribution in [2.24, 2.45) is 0 Å². The molecule has 1 fully saturated rings. The smallest absolute Gasteiger partial charge is 0.126 e. The Morgan fingerprint density at radius 3 is 2.95 bits per heavy atom. The molecule has 4 nitrogen and oxygen atoms in total. The van der Waals surface area contributed by atoms with E-state index in [0.29, 0.717) is 12.6 Å². The number of ether oxygens (including phenoxy) is 2. The van der Waals surface area contributed by atoms with E-state index in [4.69, 9.17) is 9.47 Å². The number of para-hydroxylation sites is 1. The van der Waals surface area contributed by atoms with Crippen LogP contribution < -0.4 is 10.1 Å². The molecule has 0 saturated carbocycles. The molecule has 118 valence electrons. The minimum absolute atomic E-state index is 0.156. The molecule has 1 heterocycles. The first kappa shape index (κ1) is 16.3. The largest absolute Gasteiger partial charge is 0.490 e. The van der Waals surface area contributed by atoms with E-state index < -0.39 is 0 Å². The van der Waals surface area contributed by atoms with Gasteiger partial charge in [-0.15, -0.1) is 0 Å². The zero-order valence-corrected chi connectivity index (χ0v) is 13.7. The molecule has 21 heavy (non-hydrogen) atoms. The maximum Gasteiger partial charge on any atom is 0.126 e. The minimum Gasteiger partial charge on any atom is -0.490 e. The molecular weight excluding hydrogens is 264 g/mol. The van der Waals surface area contributed by atoms with Gasteiger partial charge < -0.3 is 14.8 Å². The Labute approximate surface area is 128 Å². The average Bonchev–Trinajstić information content (AvgIpc) is 2.47. The summed E-state index contributed by atoms with van der Waals surface area (Å²) < 4.78 is 11.9. The van der Waals surface area contributed by atoms with Crippen LogP contribution in [0.3, 0.4) is 0 Å². The van der Waals surface area contributed by atoms with E-state index in [9.17, 15) is 0 Å². The van der Waals surface area contributed by atoms with Crippen LogP contribution in [-0.2, 0) is 11.3 Å². The molecule has 4 heteroatoms. The first-order chi connectivity index (χ1) is 10.1. The molecule has 0 aliphatic carbocycles. The van der Waals surface area contributed by atoms with Crippen molar-refractivity contribution in [3.63, 3.8) is 0 Å². The predicted octanol–water partition coefficient (Wildman–Crippen LogP) is 2.20. The number of benzene rings is 1. The fourth-order valence-corrected chi connectivity index (χ4v) is 2.74. The Bertz CT molecular complexity index is 448. The Balaban J connectivity index is 1.96. The van der Waals surface area contributed by atoms with Crippen LogP contribution in [0, 0.1) is 6.92 Å². The van der Waals surface area contributed by atoms with E-state index in [1.807, 2.05) is 7.05 Å². The van der Waals surface area contributed by atoms with Crippen molar-refractivity contribution in [2.45, 2.75) is 39.5 Å². The summed E-state index contributed by atoms with van der Waals surface area (Å²) in [6, 6.07) is 6.85. The summed E-state index contributed by atoms with van der Waals surface area (Å²) in [5.74, 6) is 0.997. The standard InChI is InChI=1S/C17H28N2O2/c1-13(2)19-8-9-20-16(11-19)12-21-17-14(3)6-5-7-15(17)10-18-4/h5-7,13,16,18H,8-12H2,1-4H3. The predicted molar refractivity (Wildman–Crippen MR) is 85.9 cm³/mol. The van der Waals surface area contributed by atoms with Crippen molar-refractivity contribution in [2.75, 3.05) is 33.4 Å². The second-order valence-electron chi connectivity index (χ2n) is 5.99. The lowest BCUT2D eigenvalue weighted by Gasteiger charge is -2.35. The van der Waals surface area contributed by atoms with Crippen LogP contribution in [0.15, 0.2) is 18.2 Å². The number of hydrogen-bond donors (Lipinski definition) is 1. The van der Waals surface area contributed by atoms with Gasteiger partial charge in [-0.05, 0) is 33.4 Å². The first-order valence-electron chi connectivity index (χ1n) is 7.83. The Morgan fingerprint density at radius 2 is 2.24 bits per heavy atom. The van der Waals surface area contributed by atoms with Crippen LogP contribution in [0.2, 0.25) is 0 Å². The molecule has 1 N–H and O–H groups in total. The van der Waals surface area contributed by atoms with Crippen molar-refractivity contribution in [1.82, 2.24) is 10.2 Å². The fraction of sp³-hybridized carbons (Fsp3) is 0.647. The number of aryl methyl sites for hydroxylation is 1.